The standard InChI is InChI=1S/C45H62N8O6S2/c1-27-29-14-16-30-12-10-28(24-32(30)35-25-46-40(48-35)37-8-6-20-52(37)42(54)33(18-22-60-4)50-44(56)58-2)11-13-31(17-15-29)39(27)36-26-47-41(49-36)38-9-7-21-53(38)43(55)34(19-23-61-5)51-45(57)59-3/h10,15,17,24-27,29-30,33-34,37-38H,6-9,11-14,16,18-23H2,1-5H3,(H,46,48)(H,47,49)(H,50,56)(H,51,57)/t27?,29-,30-,33+,34+,37+,38+/m1/s1. The van der Waals surface area contributed by atoms with E-state index >= 15 is 0 Å². The van der Waals surface area contributed by atoms with Gasteiger partial charge in [-0.3, -0.25) is 9.59 Å². The first-order valence-corrected chi connectivity index (χ1v) is 24.6. The van der Waals surface area contributed by atoms with Crippen LogP contribution in [0.1, 0.15) is 113 Å². The molecule has 330 valence electrons. The summed E-state index contributed by atoms with van der Waals surface area (Å²) in [4.78, 5) is 73.0. The second kappa shape index (κ2) is 20.6. The number of aromatic amines is 2. The minimum atomic E-state index is -0.652. The van der Waals surface area contributed by atoms with E-state index in [0.717, 1.165) is 92.3 Å². The predicted octanol–water partition coefficient (Wildman–Crippen LogP) is 7.59. The van der Waals surface area contributed by atoms with E-state index in [4.69, 9.17) is 19.4 Å². The van der Waals surface area contributed by atoms with Gasteiger partial charge in [0.1, 0.15) is 23.7 Å². The molecule has 16 heteroatoms. The molecule has 4 heterocycles. The Kier molecular flexibility index (Phi) is 15.1. The van der Waals surface area contributed by atoms with Crippen LogP contribution in [0.2, 0.25) is 0 Å². The Balaban J connectivity index is 1.08. The number of hydrogen-bond acceptors (Lipinski definition) is 10. The zero-order valence-corrected chi connectivity index (χ0v) is 37.8. The second-order valence-electron chi connectivity index (χ2n) is 16.8. The van der Waals surface area contributed by atoms with Crippen molar-refractivity contribution < 1.29 is 28.7 Å². The average molecular weight is 875 g/mol. The molecule has 4 amide bonds. The molecule has 0 radical (unpaired) electrons. The fraction of sp³-hybridized carbons (Fsp3) is 0.600. The van der Waals surface area contributed by atoms with Crippen LogP contribution < -0.4 is 10.6 Å². The first-order chi connectivity index (χ1) is 29.6. The summed E-state index contributed by atoms with van der Waals surface area (Å²) in [6, 6.07) is -1.67. The van der Waals surface area contributed by atoms with Gasteiger partial charge >= 0.3 is 12.2 Å². The van der Waals surface area contributed by atoms with Gasteiger partial charge in [0.25, 0.3) is 0 Å². The molecule has 7 atom stereocenters. The van der Waals surface area contributed by atoms with E-state index in [0.29, 0.717) is 37.8 Å². The minimum Gasteiger partial charge on any atom is -0.453 e. The molecule has 0 saturated carbocycles. The number of rotatable bonds is 14. The van der Waals surface area contributed by atoms with Crippen LogP contribution in [0.15, 0.2) is 47.8 Å². The number of imidazole rings is 2. The third-order valence-corrected chi connectivity index (χ3v) is 14.5. The molecule has 2 saturated heterocycles. The van der Waals surface area contributed by atoms with Gasteiger partial charge in [0.15, 0.2) is 0 Å². The number of likely N-dealkylation sites (tertiary alicyclic amines) is 2. The number of nitrogens with zero attached hydrogens (tertiary/aromatic N) is 4. The lowest BCUT2D eigenvalue weighted by atomic mass is 9.72. The molecule has 0 aromatic carbocycles. The molecule has 14 nitrogen and oxygen atoms in total. The van der Waals surface area contributed by atoms with Gasteiger partial charge in [-0.05, 0) is 129 Å². The number of alkyl carbamates (subject to hydrolysis) is 2. The van der Waals surface area contributed by atoms with Gasteiger partial charge in [-0.1, -0.05) is 36.8 Å². The fourth-order valence-corrected chi connectivity index (χ4v) is 10.9. The molecule has 61 heavy (non-hydrogen) atoms. The van der Waals surface area contributed by atoms with Gasteiger partial charge in [-0.2, -0.15) is 23.5 Å². The first-order valence-electron chi connectivity index (χ1n) is 21.8. The molecule has 4 N–H and O–H groups in total. The number of H-pyrrole nitrogens is 2. The lowest BCUT2D eigenvalue weighted by Crippen LogP contribution is -2.48. The van der Waals surface area contributed by atoms with Crippen LogP contribution in [-0.4, -0.2) is 117 Å². The number of carbonyl (C=O) groups is 4. The van der Waals surface area contributed by atoms with Crippen LogP contribution in [0.3, 0.4) is 0 Å². The van der Waals surface area contributed by atoms with Crippen LogP contribution in [0.4, 0.5) is 9.59 Å². The lowest BCUT2D eigenvalue weighted by molar-refractivity contribution is -0.135. The molecular formula is C45H62N8O6S2. The Labute approximate surface area is 368 Å². The maximum absolute atomic E-state index is 13.9. The number of ether oxygens (including phenoxy) is 2. The molecule has 4 bridgehead atoms. The maximum atomic E-state index is 13.9. The highest BCUT2D eigenvalue weighted by Crippen LogP contribution is 2.45. The predicted molar refractivity (Wildman–Crippen MR) is 241 cm³/mol. The smallest absolute Gasteiger partial charge is 0.407 e. The molecule has 10 rings (SSSR count). The lowest BCUT2D eigenvalue weighted by Gasteiger charge is -2.33. The van der Waals surface area contributed by atoms with Crippen LogP contribution in [0.5, 0.6) is 0 Å². The Morgan fingerprint density at radius 2 is 1.39 bits per heavy atom. The highest BCUT2D eigenvalue weighted by molar-refractivity contribution is 7.98. The number of nitrogens with one attached hydrogen (secondary N) is 4. The van der Waals surface area contributed by atoms with Crippen molar-refractivity contribution in [3.05, 3.63) is 70.9 Å². The first kappa shape index (κ1) is 44.6. The van der Waals surface area contributed by atoms with Crippen LogP contribution in [0, 0.1) is 17.8 Å². The fourth-order valence-electron chi connectivity index (χ4n) is 9.91. The highest BCUT2D eigenvalue weighted by Gasteiger charge is 2.39. The van der Waals surface area contributed by atoms with Crippen LogP contribution in [-0.2, 0) is 19.1 Å². The van der Waals surface area contributed by atoms with Crippen LogP contribution in [0.25, 0.3) is 11.1 Å². The van der Waals surface area contributed by atoms with Crippen molar-refractivity contribution in [2.75, 3.05) is 51.3 Å². The van der Waals surface area contributed by atoms with Gasteiger partial charge in [-0.15, -0.1) is 0 Å². The van der Waals surface area contributed by atoms with Gasteiger partial charge in [-0.25, -0.2) is 19.6 Å². The van der Waals surface area contributed by atoms with Crippen LogP contribution >= 0.6 is 23.5 Å². The molecule has 0 spiro atoms. The summed E-state index contributed by atoms with van der Waals surface area (Å²) < 4.78 is 9.69. The molecule has 8 aliphatic rings. The Morgan fingerprint density at radius 3 is 1.97 bits per heavy atom. The Hall–Kier alpha value is -4.44. The van der Waals surface area contributed by atoms with E-state index in [2.05, 4.69) is 51.8 Å². The Bertz CT molecular complexity index is 2040. The van der Waals surface area contributed by atoms with E-state index < -0.39 is 24.3 Å². The number of hydrogen-bond donors (Lipinski definition) is 4. The molecule has 2 aliphatic heterocycles. The topological polar surface area (TPSA) is 175 Å². The molecule has 6 aliphatic carbocycles. The van der Waals surface area contributed by atoms with E-state index in [1.54, 1.807) is 23.5 Å². The normalized spacial score (nSPS) is 24.8. The number of amides is 4. The van der Waals surface area contributed by atoms with Crippen molar-refractivity contribution in [2.45, 2.75) is 102 Å². The van der Waals surface area contributed by atoms with Crippen molar-refractivity contribution in [1.29, 1.82) is 0 Å². The third kappa shape index (κ3) is 10.1. The number of thioether (sulfide) groups is 2. The minimum absolute atomic E-state index is 0.0949. The molecule has 2 aromatic heterocycles. The summed E-state index contributed by atoms with van der Waals surface area (Å²) >= 11 is 3.28. The SMILES string of the molecule is COC(=O)N[C@@H](CCSC)C(=O)N1CCC[C@H]1c1ncc(C2=CC3=CC[C@@H]2CC[C@@H]2C=CC(=C(c4cnc([C@@H]5CCCN5C(=O)[C@H](CCSC)NC(=O)OC)[nH]4)C2C)CC3)[nH]1. The van der Waals surface area contributed by atoms with Gasteiger partial charge < -0.3 is 39.9 Å². The monoisotopic (exact) mass is 874 g/mol. The van der Waals surface area contributed by atoms with Crippen molar-refractivity contribution >= 4 is 58.7 Å². The second-order valence-corrected chi connectivity index (χ2v) is 18.8. The van der Waals surface area contributed by atoms with Gasteiger partial charge in [0, 0.05) is 13.1 Å². The number of allylic oxidation sites excluding steroid dienone is 8. The average Bonchev–Trinajstić information content (AvgIpc) is 4.11. The van der Waals surface area contributed by atoms with Crippen molar-refractivity contribution in [1.82, 2.24) is 40.4 Å². The molecule has 2 aromatic rings. The summed E-state index contributed by atoms with van der Waals surface area (Å²) in [6.45, 7) is 3.58. The zero-order valence-electron chi connectivity index (χ0n) is 36.2. The number of aromatic nitrogens is 4. The van der Waals surface area contributed by atoms with E-state index in [1.165, 1.54) is 36.5 Å². The summed E-state index contributed by atoms with van der Waals surface area (Å²) in [6.07, 6.45) is 25.4. The molecule has 1 unspecified atom stereocenters. The highest BCUT2D eigenvalue weighted by atomic mass is 32.2. The molecule has 2 fully saturated rings. The van der Waals surface area contributed by atoms with E-state index in [1.807, 2.05) is 34.7 Å². The summed E-state index contributed by atoms with van der Waals surface area (Å²) in [5.41, 5.74) is 7.24. The van der Waals surface area contributed by atoms with E-state index in [-0.39, 0.29) is 29.8 Å². The van der Waals surface area contributed by atoms with Gasteiger partial charge in [0.2, 0.25) is 11.8 Å². The maximum Gasteiger partial charge on any atom is 0.407 e. The molecular weight excluding hydrogens is 813 g/mol. The van der Waals surface area contributed by atoms with Crippen molar-refractivity contribution in [2.24, 2.45) is 17.8 Å². The number of methoxy groups -OCH3 is 2. The quantitative estimate of drug-likeness (QED) is 0.148. The summed E-state index contributed by atoms with van der Waals surface area (Å²) in [5.74, 6) is 3.82. The Morgan fingerprint density at radius 1 is 0.820 bits per heavy atom. The zero-order chi connectivity index (χ0) is 43.0. The van der Waals surface area contributed by atoms with E-state index in [9.17, 15) is 19.2 Å². The van der Waals surface area contributed by atoms with Gasteiger partial charge in [0.05, 0.1) is 50.1 Å². The van der Waals surface area contributed by atoms with Crippen molar-refractivity contribution in [3.63, 3.8) is 0 Å². The number of carbonyl (C=O) groups excluding carboxylic acids is 4. The summed E-state index contributed by atoms with van der Waals surface area (Å²) in [5, 5.41) is 5.53. The largest absolute Gasteiger partial charge is 0.453 e. The van der Waals surface area contributed by atoms with Crippen molar-refractivity contribution in [3.8, 4) is 0 Å². The summed E-state index contributed by atoms with van der Waals surface area (Å²) in [7, 11) is 2.63. The third-order valence-electron chi connectivity index (χ3n) is 13.2.